The predicted molar refractivity (Wildman–Crippen MR) is 87.4 cm³/mol. The third-order valence-corrected chi connectivity index (χ3v) is 3.34. The van der Waals surface area contributed by atoms with Crippen molar-refractivity contribution in [2.45, 2.75) is 0 Å². The zero-order chi connectivity index (χ0) is 16.4. The number of hydrogen-bond donors (Lipinski definition) is 2. The van der Waals surface area contributed by atoms with Gasteiger partial charge in [0.1, 0.15) is 16.9 Å². The van der Waals surface area contributed by atoms with E-state index in [2.05, 4.69) is 4.99 Å². The monoisotopic (exact) mass is 309 g/mol. The summed E-state index contributed by atoms with van der Waals surface area (Å²) in [5, 5.41) is 0.687. The Kier molecular flexibility index (Phi) is 3.72. The van der Waals surface area contributed by atoms with Gasteiger partial charge in [0.05, 0.1) is 12.8 Å². The lowest BCUT2D eigenvalue weighted by molar-refractivity contribution is 0.0996. The molecule has 0 radical (unpaired) electrons. The maximum absolute atomic E-state index is 11.7. The second-order valence-corrected chi connectivity index (χ2v) is 4.94. The predicted octanol–water partition coefficient (Wildman–Crippen LogP) is 2.35. The van der Waals surface area contributed by atoms with Crippen molar-refractivity contribution in [1.82, 2.24) is 0 Å². The van der Waals surface area contributed by atoms with Gasteiger partial charge in [-0.25, -0.2) is 4.99 Å². The lowest BCUT2D eigenvalue weighted by Crippen LogP contribution is -2.21. The number of benzene rings is 2. The van der Waals surface area contributed by atoms with Crippen LogP contribution in [0.15, 0.2) is 57.9 Å². The molecule has 1 aromatic heterocycles. The Morgan fingerprint density at radius 3 is 2.52 bits per heavy atom. The number of carbonyl (C=O) groups excluding carboxylic acids is 1. The lowest BCUT2D eigenvalue weighted by Gasteiger charge is -2.03. The molecule has 0 aliphatic carbocycles. The van der Waals surface area contributed by atoms with Gasteiger partial charge in [-0.3, -0.25) is 4.79 Å². The molecule has 116 valence electrons. The van der Waals surface area contributed by atoms with Crippen LogP contribution in [0.4, 0.5) is 11.4 Å². The van der Waals surface area contributed by atoms with Crippen molar-refractivity contribution < 1.29 is 13.9 Å². The number of nitrogen functional groups attached to an aromatic ring is 1. The highest BCUT2D eigenvalue weighted by atomic mass is 16.5. The number of anilines is 1. The first-order chi connectivity index (χ1) is 11.1. The molecule has 0 aliphatic heterocycles. The molecular weight excluding hydrogens is 294 g/mol. The summed E-state index contributed by atoms with van der Waals surface area (Å²) in [7, 11) is 1.59. The molecule has 6 heteroatoms. The van der Waals surface area contributed by atoms with Gasteiger partial charge < -0.3 is 20.6 Å². The molecule has 3 rings (SSSR count). The Morgan fingerprint density at radius 1 is 1.13 bits per heavy atom. The Hall–Kier alpha value is -3.28. The topological polar surface area (TPSA) is 104 Å². The van der Waals surface area contributed by atoms with Gasteiger partial charge >= 0.3 is 0 Å². The minimum atomic E-state index is -0.620. The summed E-state index contributed by atoms with van der Waals surface area (Å²) in [4.78, 5) is 16.0. The highest BCUT2D eigenvalue weighted by Gasteiger charge is 2.09. The number of ether oxygens (including phenoxy) is 1. The van der Waals surface area contributed by atoms with Crippen molar-refractivity contribution >= 4 is 28.3 Å². The third kappa shape index (κ3) is 3.01. The first-order valence-electron chi connectivity index (χ1n) is 6.89. The zero-order valence-electron chi connectivity index (χ0n) is 12.4. The number of rotatable bonds is 3. The number of nitrogens with zero attached hydrogens (tertiary/aromatic N) is 1. The van der Waals surface area contributed by atoms with Gasteiger partial charge in [0.2, 0.25) is 5.55 Å². The van der Waals surface area contributed by atoms with E-state index in [1.165, 1.54) is 0 Å². The van der Waals surface area contributed by atoms with Gasteiger partial charge in [-0.2, -0.15) is 0 Å². The summed E-state index contributed by atoms with van der Waals surface area (Å²) in [5.41, 5.74) is 13.3. The summed E-state index contributed by atoms with van der Waals surface area (Å²) in [5.74, 6) is 0.0929. The number of fused-ring (bicyclic) bond motifs is 1. The van der Waals surface area contributed by atoms with Crippen molar-refractivity contribution in [3.8, 4) is 5.75 Å². The van der Waals surface area contributed by atoms with Crippen molar-refractivity contribution in [1.29, 1.82) is 0 Å². The van der Waals surface area contributed by atoms with Gasteiger partial charge in [0, 0.05) is 11.1 Å². The summed E-state index contributed by atoms with van der Waals surface area (Å²) in [6.07, 6.45) is 0. The molecule has 6 nitrogen and oxygen atoms in total. The minimum Gasteiger partial charge on any atom is -0.497 e. The van der Waals surface area contributed by atoms with Crippen molar-refractivity contribution in [2.24, 2.45) is 10.7 Å². The van der Waals surface area contributed by atoms with Gasteiger partial charge in [0.25, 0.3) is 5.91 Å². The molecule has 0 unspecified atom stereocenters. The Morgan fingerprint density at radius 2 is 1.87 bits per heavy atom. The normalized spacial score (nSPS) is 11.6. The summed E-state index contributed by atoms with van der Waals surface area (Å²) in [6, 6.07) is 13.8. The van der Waals surface area contributed by atoms with Crippen LogP contribution in [-0.2, 0) is 0 Å². The van der Waals surface area contributed by atoms with Gasteiger partial charge in [0.15, 0.2) is 0 Å². The number of methoxy groups -OCH3 is 1. The SMILES string of the molecule is COc1ccc(N=c2oc3ccc(N)cc3cc2C(N)=O)cc1. The Bertz CT molecular complexity index is 943. The molecule has 0 spiro atoms. The van der Waals surface area contributed by atoms with E-state index in [9.17, 15) is 4.79 Å². The standard InChI is InChI=1S/C17H15N3O3/c1-22-13-5-3-12(4-6-13)20-17-14(16(19)21)9-10-8-11(18)2-7-15(10)23-17/h2-9H,18H2,1H3,(H2,19,21). The maximum atomic E-state index is 11.7. The highest BCUT2D eigenvalue weighted by molar-refractivity contribution is 5.95. The van der Waals surface area contributed by atoms with Crippen LogP contribution < -0.4 is 21.8 Å². The van der Waals surface area contributed by atoms with Gasteiger partial charge in [-0.05, 0) is 48.5 Å². The summed E-state index contributed by atoms with van der Waals surface area (Å²) < 4.78 is 10.8. The van der Waals surface area contributed by atoms with E-state index in [1.54, 1.807) is 55.6 Å². The average molecular weight is 309 g/mol. The van der Waals surface area contributed by atoms with E-state index in [0.717, 1.165) is 0 Å². The fourth-order valence-corrected chi connectivity index (χ4v) is 2.18. The summed E-state index contributed by atoms with van der Waals surface area (Å²) in [6.45, 7) is 0. The van der Waals surface area contributed by atoms with Crippen LogP contribution in [-0.4, -0.2) is 13.0 Å². The second-order valence-electron chi connectivity index (χ2n) is 4.94. The molecule has 0 atom stereocenters. The molecule has 0 aliphatic rings. The van der Waals surface area contributed by atoms with Crippen LogP contribution in [0.3, 0.4) is 0 Å². The average Bonchev–Trinajstić information content (AvgIpc) is 2.55. The molecule has 0 bridgehead atoms. The zero-order valence-corrected chi connectivity index (χ0v) is 12.4. The van der Waals surface area contributed by atoms with E-state index < -0.39 is 5.91 Å². The van der Waals surface area contributed by atoms with Gasteiger partial charge in [-0.1, -0.05) is 0 Å². The number of primary amides is 1. The fraction of sp³-hybridized carbons (Fsp3) is 0.0588. The quantitative estimate of drug-likeness (QED) is 0.725. The number of hydrogen-bond acceptors (Lipinski definition) is 5. The number of amides is 1. The molecular formula is C17H15N3O3. The Labute approximate surface area is 132 Å². The van der Waals surface area contributed by atoms with E-state index in [1.807, 2.05) is 0 Å². The molecule has 1 amide bonds. The largest absolute Gasteiger partial charge is 0.497 e. The molecule has 4 N–H and O–H groups in total. The van der Waals surface area contributed by atoms with Crippen LogP contribution in [0, 0.1) is 0 Å². The Balaban J connectivity index is 2.21. The van der Waals surface area contributed by atoms with Crippen LogP contribution in [0.2, 0.25) is 0 Å². The molecule has 0 saturated carbocycles. The van der Waals surface area contributed by atoms with E-state index in [0.29, 0.717) is 28.1 Å². The molecule has 1 heterocycles. The van der Waals surface area contributed by atoms with Crippen molar-refractivity contribution in [2.75, 3.05) is 12.8 Å². The van der Waals surface area contributed by atoms with E-state index >= 15 is 0 Å². The van der Waals surface area contributed by atoms with Crippen LogP contribution in [0.1, 0.15) is 10.4 Å². The highest BCUT2D eigenvalue weighted by Crippen LogP contribution is 2.19. The first kappa shape index (κ1) is 14.6. The van der Waals surface area contributed by atoms with Crippen LogP contribution >= 0.6 is 0 Å². The molecule has 23 heavy (non-hydrogen) atoms. The first-order valence-corrected chi connectivity index (χ1v) is 6.89. The molecule has 0 saturated heterocycles. The van der Waals surface area contributed by atoms with Gasteiger partial charge in [-0.15, -0.1) is 0 Å². The van der Waals surface area contributed by atoms with E-state index in [4.69, 9.17) is 20.6 Å². The van der Waals surface area contributed by atoms with Crippen LogP contribution in [0.25, 0.3) is 11.0 Å². The van der Waals surface area contributed by atoms with Crippen molar-refractivity contribution in [3.63, 3.8) is 0 Å². The molecule has 3 aromatic rings. The lowest BCUT2D eigenvalue weighted by atomic mass is 10.1. The molecule has 2 aromatic carbocycles. The smallest absolute Gasteiger partial charge is 0.254 e. The maximum Gasteiger partial charge on any atom is 0.254 e. The number of carbonyl (C=O) groups is 1. The third-order valence-electron chi connectivity index (χ3n) is 3.34. The van der Waals surface area contributed by atoms with Crippen molar-refractivity contribution in [3.05, 3.63) is 59.6 Å². The number of nitrogens with two attached hydrogens (primary N) is 2. The van der Waals surface area contributed by atoms with Crippen LogP contribution in [0.5, 0.6) is 5.75 Å². The second kappa shape index (κ2) is 5.84. The molecule has 0 fully saturated rings. The minimum absolute atomic E-state index is 0.153. The van der Waals surface area contributed by atoms with E-state index in [-0.39, 0.29) is 11.1 Å². The fourth-order valence-electron chi connectivity index (χ4n) is 2.18. The summed E-state index contributed by atoms with van der Waals surface area (Å²) >= 11 is 0.